The van der Waals surface area contributed by atoms with Crippen LogP contribution in [0.5, 0.6) is 0 Å². The number of thioether (sulfide) groups is 1. The third-order valence-electron chi connectivity index (χ3n) is 5.53. The highest BCUT2D eigenvalue weighted by atomic mass is 32.2. The van der Waals surface area contributed by atoms with E-state index < -0.39 is 0 Å². The minimum atomic E-state index is 0.0421. The highest BCUT2D eigenvalue weighted by Gasteiger charge is 2.24. The summed E-state index contributed by atoms with van der Waals surface area (Å²) in [5.41, 5.74) is 4.82. The van der Waals surface area contributed by atoms with Crippen LogP contribution in [-0.4, -0.2) is 11.7 Å². The first-order valence-electron chi connectivity index (χ1n) is 10.2. The Bertz CT molecular complexity index is 845. The minimum Gasteiger partial charge on any atom is -0.326 e. The van der Waals surface area contributed by atoms with Gasteiger partial charge in [0.2, 0.25) is 5.91 Å². The van der Waals surface area contributed by atoms with Gasteiger partial charge in [-0.05, 0) is 58.8 Å². The average molecular weight is 394 g/mol. The van der Waals surface area contributed by atoms with Crippen LogP contribution in [0.25, 0.3) is 5.57 Å². The van der Waals surface area contributed by atoms with Gasteiger partial charge in [-0.1, -0.05) is 69.3 Å². The zero-order chi connectivity index (χ0) is 20.1. The van der Waals surface area contributed by atoms with E-state index in [9.17, 15) is 4.79 Å². The number of hydrogen-bond donors (Lipinski definition) is 1. The van der Waals surface area contributed by atoms with Crippen molar-refractivity contribution in [3.8, 4) is 0 Å². The third-order valence-corrected chi connectivity index (χ3v) is 7.03. The Morgan fingerprint density at radius 1 is 1.25 bits per heavy atom. The van der Waals surface area contributed by atoms with E-state index in [0.717, 1.165) is 24.3 Å². The molecule has 0 bridgehead atoms. The van der Waals surface area contributed by atoms with E-state index in [1.54, 1.807) is 0 Å². The Balaban J connectivity index is 1.55. The summed E-state index contributed by atoms with van der Waals surface area (Å²) in [6.45, 7) is 8.75. The molecule has 0 radical (unpaired) electrons. The van der Waals surface area contributed by atoms with Gasteiger partial charge in [-0.15, -0.1) is 11.8 Å². The zero-order valence-electron chi connectivity index (χ0n) is 17.4. The zero-order valence-corrected chi connectivity index (χ0v) is 18.2. The summed E-state index contributed by atoms with van der Waals surface area (Å²) in [5, 5.41) is 3.16. The van der Waals surface area contributed by atoms with E-state index in [0.29, 0.717) is 12.3 Å². The number of rotatable bonds is 6. The van der Waals surface area contributed by atoms with Gasteiger partial charge in [0.25, 0.3) is 0 Å². The molecule has 2 aliphatic rings. The Hall–Kier alpha value is -2.00. The van der Waals surface area contributed by atoms with Gasteiger partial charge in [-0.3, -0.25) is 4.79 Å². The van der Waals surface area contributed by atoms with Crippen LogP contribution < -0.4 is 5.32 Å². The van der Waals surface area contributed by atoms with Crippen molar-refractivity contribution in [1.82, 2.24) is 5.32 Å². The van der Waals surface area contributed by atoms with Crippen LogP contribution in [0.4, 0.5) is 0 Å². The second kappa shape index (κ2) is 9.00. The maximum atomic E-state index is 12.6. The van der Waals surface area contributed by atoms with Crippen LogP contribution in [0.2, 0.25) is 0 Å². The fraction of sp³-hybridized carbons (Fsp3) is 0.400. The predicted octanol–water partition coefficient (Wildman–Crippen LogP) is 6.49. The van der Waals surface area contributed by atoms with E-state index in [4.69, 9.17) is 0 Å². The largest absolute Gasteiger partial charge is 0.326 e. The molecule has 0 saturated heterocycles. The van der Waals surface area contributed by atoms with E-state index in [2.05, 4.69) is 81.6 Å². The molecule has 1 aliphatic carbocycles. The molecule has 1 aliphatic heterocycles. The number of benzene rings is 1. The van der Waals surface area contributed by atoms with E-state index >= 15 is 0 Å². The van der Waals surface area contributed by atoms with Gasteiger partial charge < -0.3 is 5.32 Å². The molecule has 0 fully saturated rings. The van der Waals surface area contributed by atoms with Crippen LogP contribution in [0, 0.1) is 11.3 Å². The molecule has 0 spiro atoms. The van der Waals surface area contributed by atoms with Gasteiger partial charge in [0.05, 0.1) is 0 Å². The highest BCUT2D eigenvalue weighted by molar-refractivity contribution is 8.03. The maximum Gasteiger partial charge on any atom is 0.224 e. The van der Waals surface area contributed by atoms with Crippen molar-refractivity contribution in [2.75, 3.05) is 5.75 Å². The van der Waals surface area contributed by atoms with Gasteiger partial charge in [0, 0.05) is 17.9 Å². The van der Waals surface area contributed by atoms with Crippen LogP contribution in [0.1, 0.15) is 52.5 Å². The SMILES string of the molecule is CC1=C(NC(=O)CCC2(C)C=CC(c3ccccc3)=CC2)C=C(C(C)C)SC1. The molecule has 1 atom stereocenters. The van der Waals surface area contributed by atoms with Gasteiger partial charge >= 0.3 is 0 Å². The quantitative estimate of drug-likeness (QED) is 0.598. The van der Waals surface area contributed by atoms with Gasteiger partial charge in [-0.2, -0.15) is 0 Å². The lowest BCUT2D eigenvalue weighted by Crippen LogP contribution is -2.26. The van der Waals surface area contributed by atoms with E-state index in [-0.39, 0.29) is 11.3 Å². The van der Waals surface area contributed by atoms with Crippen molar-refractivity contribution in [3.63, 3.8) is 0 Å². The molecule has 1 N–H and O–H groups in total. The second-order valence-corrected chi connectivity index (χ2v) is 9.50. The number of carbonyl (C=O) groups excluding carboxylic acids is 1. The van der Waals surface area contributed by atoms with E-state index in [1.165, 1.54) is 21.6 Å². The fourth-order valence-electron chi connectivity index (χ4n) is 3.46. The predicted molar refractivity (Wildman–Crippen MR) is 122 cm³/mol. The molecule has 2 nitrogen and oxygen atoms in total. The summed E-state index contributed by atoms with van der Waals surface area (Å²) in [6.07, 6.45) is 11.3. The van der Waals surface area contributed by atoms with Crippen LogP contribution in [0.15, 0.2) is 70.8 Å². The molecule has 1 unspecified atom stereocenters. The van der Waals surface area contributed by atoms with Crippen molar-refractivity contribution >= 4 is 23.2 Å². The molecule has 3 rings (SSSR count). The summed E-state index contributed by atoms with van der Waals surface area (Å²) in [4.78, 5) is 13.9. The van der Waals surface area contributed by atoms with Crippen LogP contribution in [0.3, 0.4) is 0 Å². The normalized spacial score (nSPS) is 22.2. The van der Waals surface area contributed by atoms with Crippen molar-refractivity contribution in [1.29, 1.82) is 0 Å². The molecule has 148 valence electrons. The first-order valence-corrected chi connectivity index (χ1v) is 11.1. The molecule has 28 heavy (non-hydrogen) atoms. The summed E-state index contributed by atoms with van der Waals surface area (Å²) < 4.78 is 0. The van der Waals surface area contributed by atoms with Crippen molar-refractivity contribution in [3.05, 3.63) is 76.4 Å². The Morgan fingerprint density at radius 2 is 2.00 bits per heavy atom. The number of amides is 1. The molecular weight excluding hydrogens is 362 g/mol. The summed E-state index contributed by atoms with van der Waals surface area (Å²) in [5.74, 6) is 1.59. The standard InChI is InChI=1S/C25H31NOS/c1-18(2)23-16-22(19(3)17-28-23)26-24(27)12-15-25(4)13-10-21(11-14-25)20-8-6-5-7-9-20/h5-11,13,16,18H,12,14-15,17H2,1-4H3,(H,26,27). The van der Waals surface area contributed by atoms with Crippen LogP contribution in [-0.2, 0) is 4.79 Å². The molecule has 0 saturated carbocycles. The smallest absolute Gasteiger partial charge is 0.224 e. The van der Waals surface area contributed by atoms with Crippen molar-refractivity contribution in [2.45, 2.75) is 47.0 Å². The number of allylic oxidation sites excluding steroid dienone is 6. The topological polar surface area (TPSA) is 29.1 Å². The molecular formula is C25H31NOS. The average Bonchev–Trinajstić information content (AvgIpc) is 2.69. The monoisotopic (exact) mass is 393 g/mol. The Labute approximate surface area is 173 Å². The molecule has 1 aromatic carbocycles. The first-order chi connectivity index (χ1) is 13.4. The summed E-state index contributed by atoms with van der Waals surface area (Å²) in [7, 11) is 0. The molecule has 1 heterocycles. The van der Waals surface area contributed by atoms with Crippen LogP contribution >= 0.6 is 11.8 Å². The van der Waals surface area contributed by atoms with Gasteiger partial charge in [-0.25, -0.2) is 0 Å². The summed E-state index contributed by atoms with van der Waals surface area (Å²) in [6, 6.07) is 10.5. The summed E-state index contributed by atoms with van der Waals surface area (Å²) >= 11 is 1.88. The molecule has 1 aromatic rings. The molecule has 3 heteroatoms. The van der Waals surface area contributed by atoms with E-state index in [1.807, 2.05) is 17.8 Å². The third kappa shape index (κ3) is 5.29. The molecule has 1 amide bonds. The number of carbonyl (C=O) groups is 1. The second-order valence-electron chi connectivity index (χ2n) is 8.45. The fourth-order valence-corrected chi connectivity index (χ4v) is 4.54. The van der Waals surface area contributed by atoms with Crippen molar-refractivity contribution in [2.24, 2.45) is 11.3 Å². The van der Waals surface area contributed by atoms with Gasteiger partial charge in [0.15, 0.2) is 0 Å². The molecule has 0 aromatic heterocycles. The number of hydrogen-bond acceptors (Lipinski definition) is 2. The maximum absolute atomic E-state index is 12.6. The lowest BCUT2D eigenvalue weighted by Gasteiger charge is -2.28. The number of nitrogens with one attached hydrogen (secondary N) is 1. The van der Waals surface area contributed by atoms with Gasteiger partial charge in [0.1, 0.15) is 0 Å². The highest BCUT2D eigenvalue weighted by Crippen LogP contribution is 2.37. The minimum absolute atomic E-state index is 0.0421. The Kier molecular flexibility index (Phi) is 6.66. The Morgan fingerprint density at radius 3 is 2.64 bits per heavy atom. The van der Waals surface area contributed by atoms with Crippen molar-refractivity contribution < 1.29 is 4.79 Å². The lowest BCUT2D eigenvalue weighted by atomic mass is 9.77. The lowest BCUT2D eigenvalue weighted by molar-refractivity contribution is -0.120. The first kappa shape index (κ1) is 20.7.